The molecule has 0 radical (unpaired) electrons. The fraction of sp³-hybridized carbons (Fsp3) is 0.200. The third-order valence-electron chi connectivity index (χ3n) is 6.38. The standard InChI is InChI=1S/C25H19F6N5O6S2/c1-14-6-8-16(35-13-23(37)34-44(35,40)41)11-19(14)36-18-9-7-15(24(26,27)28)10-17(18)33-22(36)12-32-43(38,39)21-5-3-2-4-20(21)42-25(29,30)31/h2-11,32H,12-13H2,1H3,(H,34,37). The van der Waals surface area contributed by atoms with Crippen molar-refractivity contribution in [2.45, 2.75) is 30.9 Å². The van der Waals surface area contributed by atoms with Gasteiger partial charge in [-0.05, 0) is 55.0 Å². The topological polar surface area (TPSA) is 140 Å². The minimum atomic E-state index is -5.21. The Balaban J connectivity index is 1.62. The quantitative estimate of drug-likeness (QED) is 0.286. The van der Waals surface area contributed by atoms with Crippen molar-refractivity contribution in [1.29, 1.82) is 0 Å². The van der Waals surface area contributed by atoms with Gasteiger partial charge in [0.1, 0.15) is 23.0 Å². The van der Waals surface area contributed by atoms with Crippen LogP contribution in [0.25, 0.3) is 16.7 Å². The maximum atomic E-state index is 13.5. The Kier molecular flexibility index (Phi) is 7.53. The number of rotatable bonds is 7. The van der Waals surface area contributed by atoms with Gasteiger partial charge in [0.2, 0.25) is 10.0 Å². The fourth-order valence-electron chi connectivity index (χ4n) is 4.48. The zero-order chi connectivity index (χ0) is 32.2. The van der Waals surface area contributed by atoms with Crippen LogP contribution in [-0.4, -0.2) is 45.2 Å². The summed E-state index contributed by atoms with van der Waals surface area (Å²) in [6, 6.07) is 10.7. The number of aromatic nitrogens is 2. The smallest absolute Gasteiger partial charge is 0.404 e. The third kappa shape index (κ3) is 6.15. The molecule has 2 N–H and O–H groups in total. The van der Waals surface area contributed by atoms with E-state index < -0.39 is 68.0 Å². The number of halogens is 6. The highest BCUT2D eigenvalue weighted by molar-refractivity contribution is 7.92. The Hall–Kier alpha value is -4.36. The van der Waals surface area contributed by atoms with Gasteiger partial charge in [-0.15, -0.1) is 13.2 Å². The van der Waals surface area contributed by atoms with E-state index >= 15 is 0 Å². The molecule has 0 spiro atoms. The van der Waals surface area contributed by atoms with E-state index in [-0.39, 0.29) is 28.2 Å². The molecule has 0 saturated carbocycles. The summed E-state index contributed by atoms with van der Waals surface area (Å²) in [5, 5.41) is 0. The van der Waals surface area contributed by atoms with Crippen molar-refractivity contribution in [3.63, 3.8) is 0 Å². The SMILES string of the molecule is Cc1ccc(N2CC(=O)NS2(=O)=O)cc1-n1c(CNS(=O)(=O)c2ccccc2OC(F)(F)F)nc2cc(C(F)(F)F)ccc21. The predicted octanol–water partition coefficient (Wildman–Crippen LogP) is 3.91. The van der Waals surface area contributed by atoms with Gasteiger partial charge in [-0.2, -0.15) is 21.6 Å². The van der Waals surface area contributed by atoms with E-state index in [9.17, 15) is 48.0 Å². The second kappa shape index (κ2) is 10.7. The van der Waals surface area contributed by atoms with Crippen LogP contribution in [0.5, 0.6) is 5.75 Å². The minimum absolute atomic E-state index is 0.00229. The number of carbonyl (C=O) groups excluding carboxylic acids is 1. The van der Waals surface area contributed by atoms with E-state index in [0.29, 0.717) is 5.56 Å². The molecule has 0 aliphatic carbocycles. The Morgan fingerprint density at radius 2 is 1.73 bits per heavy atom. The number of hydrogen-bond acceptors (Lipinski definition) is 7. The molecule has 3 aromatic carbocycles. The molecule has 0 unspecified atom stereocenters. The molecule has 234 valence electrons. The van der Waals surface area contributed by atoms with Crippen LogP contribution >= 0.6 is 0 Å². The van der Waals surface area contributed by atoms with Crippen LogP contribution in [-0.2, 0) is 37.7 Å². The lowest BCUT2D eigenvalue weighted by molar-refractivity contribution is -0.275. The predicted molar refractivity (Wildman–Crippen MR) is 142 cm³/mol. The van der Waals surface area contributed by atoms with E-state index in [4.69, 9.17) is 0 Å². The van der Waals surface area contributed by atoms with Crippen molar-refractivity contribution in [3.8, 4) is 11.4 Å². The van der Waals surface area contributed by atoms with Gasteiger partial charge in [0, 0.05) is 0 Å². The second-order valence-electron chi connectivity index (χ2n) is 9.39. The number of fused-ring (bicyclic) bond motifs is 1. The van der Waals surface area contributed by atoms with Crippen LogP contribution < -0.4 is 18.5 Å². The highest BCUT2D eigenvalue weighted by Gasteiger charge is 2.36. The van der Waals surface area contributed by atoms with E-state index in [1.807, 2.05) is 4.72 Å². The van der Waals surface area contributed by atoms with Crippen molar-refractivity contribution in [3.05, 3.63) is 77.6 Å². The number of benzene rings is 3. The van der Waals surface area contributed by atoms with Gasteiger partial charge in [0.15, 0.2) is 0 Å². The van der Waals surface area contributed by atoms with Gasteiger partial charge in [0.05, 0.1) is 34.5 Å². The molecule has 1 aromatic heterocycles. The number of imidazole rings is 1. The van der Waals surface area contributed by atoms with Crippen molar-refractivity contribution >= 4 is 42.9 Å². The number of para-hydroxylation sites is 1. The summed E-state index contributed by atoms with van der Waals surface area (Å²) in [5.74, 6) is -2.02. The molecular formula is C25H19F6N5O6S2. The number of nitrogens with zero attached hydrogens (tertiary/aromatic N) is 3. The Labute approximate surface area is 245 Å². The lowest BCUT2D eigenvalue weighted by Gasteiger charge is -2.19. The van der Waals surface area contributed by atoms with Crippen molar-refractivity contribution in [2.24, 2.45) is 0 Å². The first-order valence-electron chi connectivity index (χ1n) is 12.2. The summed E-state index contributed by atoms with van der Waals surface area (Å²) in [6.45, 7) is 0.302. The highest BCUT2D eigenvalue weighted by atomic mass is 32.2. The average molecular weight is 664 g/mol. The van der Waals surface area contributed by atoms with Crippen molar-refractivity contribution in [1.82, 2.24) is 19.0 Å². The molecule has 1 aliphatic rings. The number of nitrogens with one attached hydrogen (secondary N) is 2. The lowest BCUT2D eigenvalue weighted by atomic mass is 10.1. The maximum Gasteiger partial charge on any atom is 0.573 e. The molecule has 5 rings (SSSR count). The largest absolute Gasteiger partial charge is 0.573 e. The number of carbonyl (C=O) groups is 1. The molecular weight excluding hydrogens is 644 g/mol. The number of hydrogen-bond donors (Lipinski definition) is 2. The van der Waals surface area contributed by atoms with Gasteiger partial charge in [-0.1, -0.05) is 18.2 Å². The first-order valence-corrected chi connectivity index (χ1v) is 15.2. The van der Waals surface area contributed by atoms with Crippen LogP contribution in [0.1, 0.15) is 17.0 Å². The van der Waals surface area contributed by atoms with Gasteiger partial charge < -0.3 is 4.74 Å². The summed E-state index contributed by atoms with van der Waals surface area (Å²) in [6.07, 6.45) is -9.96. The molecule has 11 nitrogen and oxygen atoms in total. The Bertz CT molecular complexity index is 2010. The number of anilines is 1. The number of amides is 1. The van der Waals surface area contributed by atoms with Crippen molar-refractivity contribution in [2.75, 3.05) is 10.8 Å². The average Bonchev–Trinajstić information content (AvgIpc) is 3.41. The number of sulfonamides is 1. The van der Waals surface area contributed by atoms with E-state index in [1.54, 1.807) is 6.92 Å². The summed E-state index contributed by atoms with van der Waals surface area (Å²) in [5.41, 5.74) is -0.608. The molecule has 0 bridgehead atoms. The molecule has 19 heteroatoms. The number of aryl methyl sites for hydroxylation is 1. The first kappa shape index (κ1) is 31.1. The van der Waals surface area contributed by atoms with Crippen LogP contribution in [0.2, 0.25) is 0 Å². The first-order chi connectivity index (χ1) is 20.4. The van der Waals surface area contributed by atoms with E-state index in [2.05, 4.69) is 14.4 Å². The zero-order valence-corrected chi connectivity index (χ0v) is 23.7. The monoisotopic (exact) mass is 663 g/mol. The Morgan fingerprint density at radius 1 is 1.02 bits per heavy atom. The van der Waals surface area contributed by atoms with Gasteiger partial charge in [0.25, 0.3) is 5.91 Å². The molecule has 2 heterocycles. The summed E-state index contributed by atoms with van der Waals surface area (Å²) in [7, 11) is -8.96. The maximum absolute atomic E-state index is 13.5. The van der Waals surface area contributed by atoms with E-state index in [1.165, 1.54) is 22.8 Å². The van der Waals surface area contributed by atoms with Crippen LogP contribution in [0.15, 0.2) is 65.6 Å². The molecule has 4 aromatic rings. The van der Waals surface area contributed by atoms with Gasteiger partial charge >= 0.3 is 22.7 Å². The minimum Gasteiger partial charge on any atom is -0.404 e. The Morgan fingerprint density at radius 3 is 2.36 bits per heavy atom. The number of ether oxygens (including phenoxy) is 1. The van der Waals surface area contributed by atoms with Crippen LogP contribution in [0.3, 0.4) is 0 Å². The molecule has 1 saturated heterocycles. The number of alkyl halides is 6. The third-order valence-corrected chi connectivity index (χ3v) is 9.22. The van der Waals surface area contributed by atoms with E-state index in [0.717, 1.165) is 46.8 Å². The molecule has 0 atom stereocenters. The molecule has 1 fully saturated rings. The summed E-state index contributed by atoms with van der Waals surface area (Å²) in [4.78, 5) is 15.1. The lowest BCUT2D eigenvalue weighted by Crippen LogP contribution is -2.29. The van der Waals surface area contributed by atoms with Crippen LogP contribution in [0.4, 0.5) is 32.0 Å². The summed E-state index contributed by atoms with van der Waals surface area (Å²) >= 11 is 0. The second-order valence-corrected chi connectivity index (χ2v) is 12.7. The van der Waals surface area contributed by atoms with Crippen molar-refractivity contribution < 1.29 is 52.7 Å². The van der Waals surface area contributed by atoms with Gasteiger partial charge in [-0.25, -0.2) is 27.2 Å². The fourth-order valence-corrected chi connectivity index (χ4v) is 6.73. The molecule has 44 heavy (non-hydrogen) atoms. The van der Waals surface area contributed by atoms with Gasteiger partial charge in [-0.3, -0.25) is 9.36 Å². The summed E-state index contributed by atoms with van der Waals surface area (Å²) < 4.78 is 140. The zero-order valence-electron chi connectivity index (χ0n) is 22.1. The molecule has 1 aliphatic heterocycles. The van der Waals surface area contributed by atoms with Crippen LogP contribution in [0, 0.1) is 6.92 Å². The normalized spacial score (nSPS) is 15.5. The highest BCUT2D eigenvalue weighted by Crippen LogP contribution is 2.35. The molecule has 1 amide bonds.